The average Bonchev–Trinajstić information content (AvgIpc) is 3.45. The van der Waals surface area contributed by atoms with Crippen LogP contribution in [-0.4, -0.2) is 71.0 Å². The largest absolute Gasteiger partial charge is 0.444 e. The third-order valence-electron chi connectivity index (χ3n) is 7.20. The second kappa shape index (κ2) is 11.5. The lowest BCUT2D eigenvalue weighted by atomic mass is 10.1. The monoisotopic (exact) mass is 598 g/mol. The van der Waals surface area contributed by atoms with Crippen LogP contribution in [-0.2, 0) is 4.74 Å². The van der Waals surface area contributed by atoms with E-state index >= 15 is 0 Å². The van der Waals surface area contributed by atoms with Gasteiger partial charge in [-0.1, -0.05) is 6.07 Å². The number of benzene rings is 2. The Kier molecular flexibility index (Phi) is 7.61. The van der Waals surface area contributed by atoms with Gasteiger partial charge in [0.2, 0.25) is 0 Å². The third-order valence-corrected chi connectivity index (χ3v) is 7.99. The third kappa shape index (κ3) is 6.38. The number of thiazole rings is 1. The maximum Gasteiger partial charge on any atom is 0.410 e. The number of hydrogen-bond donors (Lipinski definition) is 3. The summed E-state index contributed by atoms with van der Waals surface area (Å²) in [6.07, 6.45) is 2.90. The van der Waals surface area contributed by atoms with Crippen LogP contribution < -0.4 is 20.9 Å². The average molecular weight is 599 g/mol. The van der Waals surface area contributed by atoms with Gasteiger partial charge in [-0.3, -0.25) is 9.79 Å². The first-order valence-electron chi connectivity index (χ1n) is 14.2. The molecule has 1 unspecified atom stereocenters. The van der Waals surface area contributed by atoms with E-state index in [0.717, 1.165) is 33.0 Å². The lowest BCUT2D eigenvalue weighted by Gasteiger charge is -2.38. The molecule has 4 aromatic rings. The molecular weight excluding hydrogens is 564 g/mol. The molecule has 3 N–H and O–H groups in total. The van der Waals surface area contributed by atoms with E-state index in [1.807, 2.05) is 70.2 Å². The highest BCUT2D eigenvalue weighted by molar-refractivity contribution is 7.16. The van der Waals surface area contributed by atoms with Crippen LogP contribution in [0.2, 0.25) is 0 Å². The molecule has 11 nitrogen and oxygen atoms in total. The molecule has 222 valence electrons. The number of aliphatic imine (C=N–C) groups is 1. The SMILES string of the molecule is Cc1cccnc1NC1C=Nc2cc(C(=O)Nc3ccc4ncsc4c3)c(N3CCN(C(=O)OC(C)(C)C)CC3)cc2N1. The number of carbonyl (C=O) groups is 2. The van der Waals surface area contributed by atoms with E-state index in [1.165, 1.54) is 11.3 Å². The van der Waals surface area contributed by atoms with Gasteiger partial charge in [0.25, 0.3) is 5.91 Å². The van der Waals surface area contributed by atoms with Crippen LogP contribution in [0.15, 0.2) is 59.2 Å². The minimum atomic E-state index is -0.565. The van der Waals surface area contributed by atoms with Crippen molar-refractivity contribution in [3.05, 3.63) is 65.3 Å². The highest BCUT2D eigenvalue weighted by Gasteiger charge is 2.29. The van der Waals surface area contributed by atoms with Crippen molar-refractivity contribution < 1.29 is 14.3 Å². The lowest BCUT2D eigenvalue weighted by molar-refractivity contribution is 0.0240. The van der Waals surface area contributed by atoms with E-state index in [0.29, 0.717) is 43.1 Å². The Balaban J connectivity index is 1.27. The number of anilines is 4. The standard InChI is InChI=1S/C31H34N8O3S/c1-19-6-5-9-32-28(19)37-27-17-33-23-15-21(29(40)35-20-7-8-22-26(14-20)43-18-34-22)25(16-24(23)36-27)38-10-12-39(13-11-38)30(41)42-31(2,3)4/h5-9,14-18,27,36H,10-13H2,1-4H3,(H,32,37)(H,35,40). The van der Waals surface area contributed by atoms with Gasteiger partial charge in [0.05, 0.1) is 38.4 Å². The van der Waals surface area contributed by atoms with Crippen LogP contribution in [0.25, 0.3) is 10.2 Å². The summed E-state index contributed by atoms with van der Waals surface area (Å²) in [5.74, 6) is 0.526. The highest BCUT2D eigenvalue weighted by atomic mass is 32.1. The number of aromatic nitrogens is 2. The van der Waals surface area contributed by atoms with Crippen LogP contribution in [0.4, 0.5) is 33.4 Å². The zero-order valence-electron chi connectivity index (χ0n) is 24.5. The normalized spacial score (nSPS) is 16.4. The molecule has 0 aliphatic carbocycles. The Morgan fingerprint density at radius 1 is 1.07 bits per heavy atom. The van der Waals surface area contributed by atoms with Crippen LogP contribution >= 0.6 is 11.3 Å². The van der Waals surface area contributed by atoms with E-state index in [2.05, 4.69) is 35.8 Å². The Bertz CT molecular complexity index is 1700. The van der Waals surface area contributed by atoms with Gasteiger partial charge in [-0.15, -0.1) is 11.3 Å². The van der Waals surface area contributed by atoms with Crippen molar-refractivity contribution in [2.45, 2.75) is 39.5 Å². The maximum atomic E-state index is 13.8. The number of hydrogen-bond acceptors (Lipinski definition) is 10. The number of nitrogens with zero attached hydrogens (tertiary/aromatic N) is 5. The summed E-state index contributed by atoms with van der Waals surface area (Å²) in [7, 11) is 0. The molecule has 0 radical (unpaired) electrons. The van der Waals surface area contributed by atoms with Crippen molar-refractivity contribution in [2.75, 3.05) is 47.0 Å². The predicted octanol–water partition coefficient (Wildman–Crippen LogP) is 5.88. The van der Waals surface area contributed by atoms with Gasteiger partial charge in [-0.25, -0.2) is 14.8 Å². The van der Waals surface area contributed by atoms with Crippen LogP contribution in [0, 0.1) is 6.92 Å². The summed E-state index contributed by atoms with van der Waals surface area (Å²) >= 11 is 1.53. The molecule has 0 bridgehead atoms. The zero-order chi connectivity index (χ0) is 30.1. The first kappa shape index (κ1) is 28.4. The number of fused-ring (bicyclic) bond motifs is 2. The zero-order valence-corrected chi connectivity index (χ0v) is 25.4. The number of pyridine rings is 1. The van der Waals surface area contributed by atoms with E-state index in [9.17, 15) is 9.59 Å². The van der Waals surface area contributed by atoms with Gasteiger partial charge in [-0.2, -0.15) is 0 Å². The minimum Gasteiger partial charge on any atom is -0.444 e. The molecule has 2 aromatic heterocycles. The number of carbonyl (C=O) groups excluding carboxylic acids is 2. The van der Waals surface area contributed by atoms with Crippen LogP contribution in [0.3, 0.4) is 0 Å². The molecule has 1 fully saturated rings. The number of ether oxygens (including phenoxy) is 1. The quantitative estimate of drug-likeness (QED) is 0.260. The Morgan fingerprint density at radius 2 is 1.88 bits per heavy atom. The molecule has 0 saturated carbocycles. The van der Waals surface area contributed by atoms with Gasteiger partial charge in [0.15, 0.2) is 0 Å². The Labute approximate surface area is 254 Å². The van der Waals surface area contributed by atoms with Gasteiger partial charge < -0.3 is 30.5 Å². The summed E-state index contributed by atoms with van der Waals surface area (Å²) in [5, 5.41) is 9.93. The molecule has 6 rings (SSSR count). The topological polar surface area (TPSA) is 124 Å². The van der Waals surface area contributed by atoms with Crippen molar-refractivity contribution in [1.82, 2.24) is 14.9 Å². The van der Waals surface area contributed by atoms with E-state index in [-0.39, 0.29) is 18.2 Å². The van der Waals surface area contributed by atoms with Crippen molar-refractivity contribution in [3.8, 4) is 0 Å². The lowest BCUT2D eigenvalue weighted by Crippen LogP contribution is -2.50. The number of nitrogens with one attached hydrogen (secondary N) is 3. The van der Waals surface area contributed by atoms with Gasteiger partial charge >= 0.3 is 6.09 Å². The predicted molar refractivity (Wildman–Crippen MR) is 172 cm³/mol. The Morgan fingerprint density at radius 3 is 2.65 bits per heavy atom. The summed E-state index contributed by atoms with van der Waals surface area (Å²) in [5.41, 5.74) is 6.55. The summed E-state index contributed by atoms with van der Waals surface area (Å²) in [6.45, 7) is 9.62. The molecule has 12 heteroatoms. The smallest absolute Gasteiger partial charge is 0.410 e. The molecule has 2 aromatic carbocycles. The molecule has 4 heterocycles. The number of piperazine rings is 1. The first-order valence-corrected chi connectivity index (χ1v) is 15.1. The molecule has 43 heavy (non-hydrogen) atoms. The van der Waals surface area contributed by atoms with Crippen molar-refractivity contribution in [2.24, 2.45) is 4.99 Å². The second-order valence-corrected chi connectivity index (χ2v) is 12.4. The number of aryl methyl sites for hydroxylation is 1. The minimum absolute atomic E-state index is 0.240. The van der Waals surface area contributed by atoms with Gasteiger partial charge in [0, 0.05) is 44.3 Å². The van der Waals surface area contributed by atoms with Crippen molar-refractivity contribution >= 4 is 68.3 Å². The fourth-order valence-corrected chi connectivity index (χ4v) is 5.76. The molecular formula is C31H34N8O3S. The molecule has 0 spiro atoms. The maximum absolute atomic E-state index is 13.8. The fraction of sp³-hybridized carbons (Fsp3) is 0.323. The molecule has 2 aliphatic heterocycles. The van der Waals surface area contributed by atoms with Gasteiger partial charge in [0.1, 0.15) is 17.6 Å². The second-order valence-electron chi connectivity index (χ2n) is 11.5. The van der Waals surface area contributed by atoms with Crippen molar-refractivity contribution in [1.29, 1.82) is 0 Å². The molecule has 2 amide bonds. The van der Waals surface area contributed by atoms with Crippen molar-refractivity contribution in [3.63, 3.8) is 0 Å². The molecule has 1 saturated heterocycles. The van der Waals surface area contributed by atoms with Crippen LogP contribution in [0.1, 0.15) is 36.7 Å². The Hall–Kier alpha value is -4.71. The first-order chi connectivity index (χ1) is 20.6. The van der Waals surface area contributed by atoms with Crippen LogP contribution in [0.5, 0.6) is 0 Å². The number of rotatable bonds is 5. The fourth-order valence-electron chi connectivity index (χ4n) is 5.05. The van der Waals surface area contributed by atoms with Gasteiger partial charge in [-0.05, 0) is 69.7 Å². The van der Waals surface area contributed by atoms with E-state index in [1.54, 1.807) is 22.8 Å². The van der Waals surface area contributed by atoms with E-state index in [4.69, 9.17) is 4.74 Å². The summed E-state index contributed by atoms with van der Waals surface area (Å²) in [4.78, 5) is 43.8. The number of amides is 2. The summed E-state index contributed by atoms with van der Waals surface area (Å²) < 4.78 is 6.57. The molecule has 1 atom stereocenters. The molecule has 2 aliphatic rings. The summed E-state index contributed by atoms with van der Waals surface area (Å²) in [6, 6.07) is 13.4. The highest BCUT2D eigenvalue weighted by Crippen LogP contribution is 2.37. The van der Waals surface area contributed by atoms with E-state index < -0.39 is 5.60 Å².